The average molecular weight is 344 g/mol. The highest BCUT2D eigenvalue weighted by Gasteiger charge is 2.18. The van der Waals surface area contributed by atoms with Crippen molar-refractivity contribution in [2.45, 2.75) is 57.7 Å². The van der Waals surface area contributed by atoms with Gasteiger partial charge in [0.15, 0.2) is 0 Å². The third kappa shape index (κ3) is 6.07. The first-order chi connectivity index (χ1) is 12.2. The van der Waals surface area contributed by atoms with Gasteiger partial charge in [0.25, 0.3) is 0 Å². The molecule has 138 valence electrons. The number of carbonyl (C=O) groups is 1. The first kappa shape index (κ1) is 19.8. The number of carbonyl (C=O) groups excluding carboxylic acids is 1. The van der Waals surface area contributed by atoms with E-state index >= 15 is 0 Å². The van der Waals surface area contributed by atoms with E-state index in [0.717, 1.165) is 42.6 Å². The van der Waals surface area contributed by atoms with Crippen molar-refractivity contribution in [1.29, 1.82) is 0 Å². The van der Waals surface area contributed by atoms with E-state index in [1.165, 1.54) is 31.2 Å². The zero-order chi connectivity index (χ0) is 18.1. The number of hydroxylamine groups is 1. The SMILES string of the molecule is C=CCCC(ONC)N(C)Cc1cc(CC2CCCC2)ccc1C=O. The Balaban J connectivity index is 2.08. The minimum absolute atomic E-state index is 0.0546. The minimum Gasteiger partial charge on any atom is -0.298 e. The summed E-state index contributed by atoms with van der Waals surface area (Å²) >= 11 is 0. The summed E-state index contributed by atoms with van der Waals surface area (Å²) in [6, 6.07) is 6.30. The quantitative estimate of drug-likeness (QED) is 0.284. The van der Waals surface area contributed by atoms with Crippen molar-refractivity contribution in [1.82, 2.24) is 10.4 Å². The Hall–Kier alpha value is -1.49. The predicted octanol–water partition coefficient (Wildman–Crippen LogP) is 4.11. The van der Waals surface area contributed by atoms with Crippen molar-refractivity contribution >= 4 is 6.29 Å². The van der Waals surface area contributed by atoms with Gasteiger partial charge < -0.3 is 0 Å². The molecular formula is C21H32N2O2. The molecule has 1 aromatic rings. The zero-order valence-corrected chi connectivity index (χ0v) is 15.7. The highest BCUT2D eigenvalue weighted by molar-refractivity contribution is 5.77. The molecule has 1 unspecified atom stereocenters. The number of aldehydes is 1. The fourth-order valence-corrected chi connectivity index (χ4v) is 3.72. The van der Waals surface area contributed by atoms with Gasteiger partial charge in [0.05, 0.1) is 0 Å². The van der Waals surface area contributed by atoms with Crippen LogP contribution < -0.4 is 5.48 Å². The number of hydrogen-bond donors (Lipinski definition) is 1. The van der Waals surface area contributed by atoms with Gasteiger partial charge >= 0.3 is 0 Å². The Morgan fingerprint density at radius 3 is 2.80 bits per heavy atom. The van der Waals surface area contributed by atoms with Crippen LogP contribution in [-0.4, -0.2) is 31.5 Å². The third-order valence-electron chi connectivity index (χ3n) is 5.12. The molecule has 2 rings (SSSR count). The van der Waals surface area contributed by atoms with Crippen molar-refractivity contribution in [3.63, 3.8) is 0 Å². The van der Waals surface area contributed by atoms with Gasteiger partial charge in [-0.15, -0.1) is 6.58 Å². The summed E-state index contributed by atoms with van der Waals surface area (Å²) in [6.45, 7) is 4.47. The van der Waals surface area contributed by atoms with Gasteiger partial charge in [-0.25, -0.2) is 5.48 Å². The third-order valence-corrected chi connectivity index (χ3v) is 5.12. The fourth-order valence-electron chi connectivity index (χ4n) is 3.72. The highest BCUT2D eigenvalue weighted by Crippen LogP contribution is 2.28. The van der Waals surface area contributed by atoms with Crippen molar-refractivity contribution in [2.75, 3.05) is 14.1 Å². The van der Waals surface area contributed by atoms with Gasteiger partial charge in [-0.05, 0) is 43.4 Å². The van der Waals surface area contributed by atoms with Crippen LogP contribution in [0.3, 0.4) is 0 Å². The zero-order valence-electron chi connectivity index (χ0n) is 15.7. The molecule has 25 heavy (non-hydrogen) atoms. The highest BCUT2D eigenvalue weighted by atomic mass is 16.7. The standard InChI is InChI=1S/C21H32N2O2/c1-4-5-10-21(25-22-2)23(3)15-20-14-18(11-12-19(20)16-24)13-17-8-6-7-9-17/h4,11-12,14,16-17,21-22H,1,5-10,13,15H2,2-3H3. The number of allylic oxidation sites excluding steroid dienone is 1. The lowest BCUT2D eigenvalue weighted by Crippen LogP contribution is -2.37. The maximum absolute atomic E-state index is 11.5. The molecule has 0 heterocycles. The first-order valence-electron chi connectivity index (χ1n) is 9.38. The molecule has 1 aromatic carbocycles. The summed E-state index contributed by atoms with van der Waals surface area (Å²) in [6.07, 6.45) is 11.1. The normalized spacial score (nSPS) is 16.3. The Morgan fingerprint density at radius 2 is 2.16 bits per heavy atom. The van der Waals surface area contributed by atoms with Gasteiger partial charge in [0.1, 0.15) is 12.5 Å². The molecular weight excluding hydrogens is 312 g/mol. The van der Waals surface area contributed by atoms with Gasteiger partial charge in [-0.2, -0.15) is 0 Å². The molecule has 0 radical (unpaired) electrons. The van der Waals surface area contributed by atoms with E-state index in [-0.39, 0.29) is 6.23 Å². The lowest BCUT2D eigenvalue weighted by atomic mass is 9.95. The van der Waals surface area contributed by atoms with Crippen LogP contribution >= 0.6 is 0 Å². The van der Waals surface area contributed by atoms with E-state index in [1.54, 1.807) is 7.05 Å². The lowest BCUT2D eigenvalue weighted by molar-refractivity contribution is -0.0998. The molecule has 1 aliphatic rings. The van der Waals surface area contributed by atoms with Gasteiger partial charge in [0, 0.05) is 19.2 Å². The van der Waals surface area contributed by atoms with E-state index in [2.05, 4.69) is 29.1 Å². The molecule has 1 saturated carbocycles. The van der Waals surface area contributed by atoms with Crippen molar-refractivity contribution in [3.05, 3.63) is 47.5 Å². The summed E-state index contributed by atoms with van der Waals surface area (Å²) in [5, 5.41) is 0. The number of nitrogens with one attached hydrogen (secondary N) is 1. The molecule has 1 fully saturated rings. The molecule has 0 bridgehead atoms. The number of benzene rings is 1. The maximum atomic E-state index is 11.5. The van der Waals surface area contributed by atoms with E-state index in [4.69, 9.17) is 4.84 Å². The second-order valence-corrected chi connectivity index (χ2v) is 7.06. The molecule has 0 aliphatic heterocycles. The second kappa shape index (κ2) is 10.5. The van der Waals surface area contributed by atoms with Crippen LogP contribution in [-0.2, 0) is 17.8 Å². The lowest BCUT2D eigenvalue weighted by Gasteiger charge is -2.27. The summed E-state index contributed by atoms with van der Waals surface area (Å²) < 4.78 is 0. The molecule has 1 atom stereocenters. The Bertz CT molecular complexity index is 553. The minimum atomic E-state index is -0.0546. The predicted molar refractivity (Wildman–Crippen MR) is 102 cm³/mol. The number of rotatable bonds is 11. The molecule has 0 spiro atoms. The smallest absolute Gasteiger partial charge is 0.150 e. The van der Waals surface area contributed by atoms with Gasteiger partial charge in [-0.1, -0.05) is 50.0 Å². The number of nitrogens with zero attached hydrogens (tertiary/aromatic N) is 1. The van der Waals surface area contributed by atoms with Crippen LogP contribution in [0.25, 0.3) is 0 Å². The largest absolute Gasteiger partial charge is 0.298 e. The van der Waals surface area contributed by atoms with E-state index in [0.29, 0.717) is 6.54 Å². The average Bonchev–Trinajstić information content (AvgIpc) is 3.12. The van der Waals surface area contributed by atoms with Gasteiger partial charge in [0.2, 0.25) is 0 Å². The first-order valence-corrected chi connectivity index (χ1v) is 9.38. The Kier molecular flexibility index (Phi) is 8.32. The maximum Gasteiger partial charge on any atom is 0.150 e. The summed E-state index contributed by atoms with van der Waals surface area (Å²) in [5.41, 5.74) is 5.98. The van der Waals surface area contributed by atoms with E-state index in [1.807, 2.05) is 19.2 Å². The monoisotopic (exact) mass is 344 g/mol. The van der Waals surface area contributed by atoms with Crippen molar-refractivity contribution in [3.8, 4) is 0 Å². The van der Waals surface area contributed by atoms with Crippen LogP contribution in [0, 0.1) is 5.92 Å². The van der Waals surface area contributed by atoms with Crippen LogP contribution in [0.4, 0.5) is 0 Å². The van der Waals surface area contributed by atoms with Crippen LogP contribution in [0.5, 0.6) is 0 Å². The Morgan fingerprint density at radius 1 is 1.40 bits per heavy atom. The van der Waals surface area contributed by atoms with Crippen molar-refractivity contribution < 1.29 is 9.63 Å². The van der Waals surface area contributed by atoms with Crippen LogP contribution in [0.2, 0.25) is 0 Å². The van der Waals surface area contributed by atoms with Crippen LogP contribution in [0.1, 0.15) is 60.0 Å². The Labute approximate surface area is 152 Å². The molecule has 4 heteroatoms. The van der Waals surface area contributed by atoms with Crippen molar-refractivity contribution in [2.24, 2.45) is 5.92 Å². The van der Waals surface area contributed by atoms with E-state index < -0.39 is 0 Å². The molecule has 4 nitrogen and oxygen atoms in total. The van der Waals surface area contributed by atoms with Crippen LogP contribution in [0.15, 0.2) is 30.9 Å². The molecule has 1 N–H and O–H groups in total. The molecule has 1 aliphatic carbocycles. The number of hydrogen-bond acceptors (Lipinski definition) is 4. The molecule has 0 aromatic heterocycles. The molecule has 0 saturated heterocycles. The fraction of sp³-hybridized carbons (Fsp3) is 0.571. The molecule has 0 amide bonds. The topological polar surface area (TPSA) is 41.6 Å². The summed E-state index contributed by atoms with van der Waals surface area (Å²) in [4.78, 5) is 19.2. The van der Waals surface area contributed by atoms with E-state index in [9.17, 15) is 4.79 Å². The summed E-state index contributed by atoms with van der Waals surface area (Å²) in [5.74, 6) is 0.806. The van der Waals surface area contributed by atoms with Gasteiger partial charge in [-0.3, -0.25) is 14.5 Å². The second-order valence-electron chi connectivity index (χ2n) is 7.06. The summed E-state index contributed by atoms with van der Waals surface area (Å²) in [7, 11) is 3.80.